The van der Waals surface area contributed by atoms with Gasteiger partial charge >= 0.3 is 0 Å². The molecule has 1 heterocycles. The highest BCUT2D eigenvalue weighted by atomic mass is 16.2. The number of hydrogen-bond acceptors (Lipinski definition) is 2. The van der Waals surface area contributed by atoms with E-state index in [1.54, 1.807) is 24.3 Å². The number of amides is 1. The van der Waals surface area contributed by atoms with E-state index in [2.05, 4.69) is 9.98 Å². The second kappa shape index (κ2) is 6.74. The Morgan fingerprint density at radius 3 is 2.48 bits per heavy atom. The predicted octanol–water partition coefficient (Wildman–Crippen LogP) is 0.532. The van der Waals surface area contributed by atoms with Crippen LogP contribution in [-0.4, -0.2) is 35.8 Å². The van der Waals surface area contributed by atoms with Gasteiger partial charge in [-0.25, -0.2) is 4.99 Å². The summed E-state index contributed by atoms with van der Waals surface area (Å²) >= 11 is 0. The number of nitrogens with two attached hydrogens (primary N) is 3. The Bertz CT molecular complexity index is 571. The number of hydrogen-bond donors (Lipinski definition) is 3. The van der Waals surface area contributed by atoms with Gasteiger partial charge < -0.3 is 22.1 Å². The van der Waals surface area contributed by atoms with E-state index >= 15 is 0 Å². The van der Waals surface area contributed by atoms with Crippen molar-refractivity contribution in [1.29, 1.82) is 0 Å². The van der Waals surface area contributed by atoms with Gasteiger partial charge in [0, 0.05) is 18.7 Å². The minimum absolute atomic E-state index is 0.0205. The summed E-state index contributed by atoms with van der Waals surface area (Å²) in [6.45, 7) is 1.62. The van der Waals surface area contributed by atoms with Gasteiger partial charge in [-0.2, -0.15) is 4.99 Å². The van der Waals surface area contributed by atoms with Gasteiger partial charge in [0.15, 0.2) is 5.96 Å². The molecule has 1 aliphatic rings. The lowest BCUT2D eigenvalue weighted by molar-refractivity contribution is 0.0724. The molecule has 6 N–H and O–H groups in total. The molecule has 1 saturated heterocycles. The molecule has 1 aromatic carbocycles. The Hall–Kier alpha value is -2.57. The quantitative estimate of drug-likeness (QED) is 0.542. The third-order valence-corrected chi connectivity index (χ3v) is 3.22. The number of likely N-dealkylation sites (tertiary alicyclic amines) is 1. The third kappa shape index (κ3) is 4.20. The summed E-state index contributed by atoms with van der Waals surface area (Å²) in [6, 6.07) is 6.96. The van der Waals surface area contributed by atoms with Crippen LogP contribution in [0.25, 0.3) is 0 Å². The van der Waals surface area contributed by atoms with Gasteiger partial charge in [0.1, 0.15) is 0 Å². The first kappa shape index (κ1) is 14.8. The molecule has 0 radical (unpaired) electrons. The highest BCUT2D eigenvalue weighted by Gasteiger charge is 2.18. The standard InChI is InChI=1S/C14H20N6O/c15-13(16)19-14(17)18-11-6-4-5-10(9-11)12(21)20-7-2-1-3-8-20/h4-6,9H,1-3,7-8H2,(H6,15,16,17,18,19). The number of carbonyl (C=O) groups excluding carboxylic acids is 1. The lowest BCUT2D eigenvalue weighted by atomic mass is 10.1. The van der Waals surface area contributed by atoms with Crippen molar-refractivity contribution in [2.45, 2.75) is 19.3 Å². The van der Waals surface area contributed by atoms with E-state index in [0.29, 0.717) is 11.3 Å². The van der Waals surface area contributed by atoms with Crippen LogP contribution in [0.3, 0.4) is 0 Å². The molecular weight excluding hydrogens is 268 g/mol. The summed E-state index contributed by atoms with van der Waals surface area (Å²) in [6.07, 6.45) is 3.30. The van der Waals surface area contributed by atoms with Crippen LogP contribution in [0.4, 0.5) is 5.69 Å². The van der Waals surface area contributed by atoms with Crippen molar-refractivity contribution in [2.75, 3.05) is 13.1 Å². The topological polar surface area (TPSA) is 123 Å². The molecule has 0 saturated carbocycles. The van der Waals surface area contributed by atoms with E-state index in [9.17, 15) is 4.79 Å². The lowest BCUT2D eigenvalue weighted by Crippen LogP contribution is -2.35. The molecule has 2 rings (SSSR count). The lowest BCUT2D eigenvalue weighted by Gasteiger charge is -2.26. The molecular formula is C14H20N6O. The molecule has 21 heavy (non-hydrogen) atoms. The van der Waals surface area contributed by atoms with Crippen molar-refractivity contribution in [1.82, 2.24) is 4.90 Å². The number of guanidine groups is 2. The molecule has 0 unspecified atom stereocenters. The first-order valence-corrected chi connectivity index (χ1v) is 6.89. The molecule has 1 aliphatic heterocycles. The molecule has 0 atom stereocenters. The summed E-state index contributed by atoms with van der Waals surface area (Å²) in [7, 11) is 0. The normalized spacial score (nSPS) is 15.6. The van der Waals surface area contributed by atoms with Crippen molar-refractivity contribution in [3.63, 3.8) is 0 Å². The van der Waals surface area contributed by atoms with Crippen molar-refractivity contribution in [2.24, 2.45) is 27.2 Å². The van der Waals surface area contributed by atoms with Crippen LogP contribution in [0.2, 0.25) is 0 Å². The van der Waals surface area contributed by atoms with E-state index in [4.69, 9.17) is 17.2 Å². The highest BCUT2D eigenvalue weighted by Crippen LogP contribution is 2.18. The summed E-state index contributed by atoms with van der Waals surface area (Å²) in [5.74, 6) is -0.179. The molecule has 0 aliphatic carbocycles. The fourth-order valence-electron chi connectivity index (χ4n) is 2.28. The molecule has 1 fully saturated rings. The van der Waals surface area contributed by atoms with Crippen LogP contribution >= 0.6 is 0 Å². The summed E-state index contributed by atoms with van der Waals surface area (Å²) in [4.78, 5) is 22.0. The molecule has 7 nitrogen and oxygen atoms in total. The maximum Gasteiger partial charge on any atom is 0.253 e. The Balaban J connectivity index is 2.17. The largest absolute Gasteiger partial charge is 0.370 e. The average Bonchev–Trinajstić information content (AvgIpc) is 2.46. The predicted molar refractivity (Wildman–Crippen MR) is 83.3 cm³/mol. The third-order valence-electron chi connectivity index (χ3n) is 3.22. The number of piperidine rings is 1. The van der Waals surface area contributed by atoms with Gasteiger partial charge in [-0.05, 0) is 37.5 Å². The van der Waals surface area contributed by atoms with E-state index in [0.717, 1.165) is 25.9 Å². The SMILES string of the molecule is NC(N)=NC(N)=Nc1cccc(C(=O)N2CCCCC2)c1. The van der Waals surface area contributed by atoms with E-state index in [1.807, 2.05) is 4.90 Å². The number of benzene rings is 1. The minimum Gasteiger partial charge on any atom is -0.370 e. The molecule has 112 valence electrons. The molecule has 1 aromatic rings. The van der Waals surface area contributed by atoms with Gasteiger partial charge in [0.2, 0.25) is 5.96 Å². The Kier molecular flexibility index (Phi) is 4.76. The van der Waals surface area contributed by atoms with Crippen molar-refractivity contribution in [3.8, 4) is 0 Å². The smallest absolute Gasteiger partial charge is 0.253 e. The summed E-state index contributed by atoms with van der Waals surface area (Å²) in [5.41, 5.74) is 17.2. The van der Waals surface area contributed by atoms with Crippen LogP contribution in [0.1, 0.15) is 29.6 Å². The molecule has 1 amide bonds. The maximum absolute atomic E-state index is 12.4. The van der Waals surface area contributed by atoms with Gasteiger partial charge in [0.25, 0.3) is 5.91 Å². The Morgan fingerprint density at radius 2 is 1.81 bits per heavy atom. The second-order valence-corrected chi connectivity index (χ2v) is 4.91. The van der Waals surface area contributed by atoms with Gasteiger partial charge in [0.05, 0.1) is 5.69 Å². The van der Waals surface area contributed by atoms with Gasteiger partial charge in [-0.15, -0.1) is 0 Å². The summed E-state index contributed by atoms with van der Waals surface area (Å²) in [5, 5.41) is 0. The van der Waals surface area contributed by atoms with Crippen LogP contribution in [0.5, 0.6) is 0 Å². The van der Waals surface area contributed by atoms with Crippen LogP contribution in [0, 0.1) is 0 Å². The first-order chi connectivity index (χ1) is 10.1. The number of nitrogens with zero attached hydrogens (tertiary/aromatic N) is 3. The van der Waals surface area contributed by atoms with E-state index in [-0.39, 0.29) is 17.8 Å². The molecule has 7 heteroatoms. The fourth-order valence-corrected chi connectivity index (χ4v) is 2.28. The van der Waals surface area contributed by atoms with Crippen molar-refractivity contribution >= 4 is 23.5 Å². The zero-order chi connectivity index (χ0) is 15.2. The average molecular weight is 288 g/mol. The second-order valence-electron chi connectivity index (χ2n) is 4.91. The number of aliphatic imine (C=N–C) groups is 2. The van der Waals surface area contributed by atoms with E-state index in [1.165, 1.54) is 6.42 Å². The fraction of sp³-hybridized carbons (Fsp3) is 0.357. The van der Waals surface area contributed by atoms with Crippen molar-refractivity contribution in [3.05, 3.63) is 29.8 Å². The zero-order valence-electron chi connectivity index (χ0n) is 11.8. The Morgan fingerprint density at radius 1 is 1.10 bits per heavy atom. The Labute approximate surface area is 123 Å². The molecule has 0 aromatic heterocycles. The van der Waals surface area contributed by atoms with Gasteiger partial charge in [-0.1, -0.05) is 6.07 Å². The maximum atomic E-state index is 12.4. The van der Waals surface area contributed by atoms with E-state index < -0.39 is 0 Å². The van der Waals surface area contributed by atoms with Crippen LogP contribution in [-0.2, 0) is 0 Å². The van der Waals surface area contributed by atoms with Crippen LogP contribution < -0.4 is 17.2 Å². The van der Waals surface area contributed by atoms with Gasteiger partial charge in [-0.3, -0.25) is 4.79 Å². The highest BCUT2D eigenvalue weighted by molar-refractivity contribution is 5.96. The number of rotatable bonds is 2. The molecule has 0 spiro atoms. The first-order valence-electron chi connectivity index (χ1n) is 6.89. The zero-order valence-corrected chi connectivity index (χ0v) is 11.8. The molecule has 0 bridgehead atoms. The number of carbonyl (C=O) groups is 1. The van der Waals surface area contributed by atoms with Crippen molar-refractivity contribution < 1.29 is 4.79 Å². The summed E-state index contributed by atoms with van der Waals surface area (Å²) < 4.78 is 0. The minimum atomic E-state index is -0.156. The monoisotopic (exact) mass is 288 g/mol. The van der Waals surface area contributed by atoms with Crippen LogP contribution in [0.15, 0.2) is 34.3 Å².